The number of aromatic nitrogens is 2. The first kappa shape index (κ1) is 6.47. The lowest BCUT2D eigenvalue weighted by atomic mass is 10.5. The Hall–Kier alpha value is -0.650. The smallest absolute Gasteiger partial charge is 0.164 e. The van der Waals surface area contributed by atoms with Crippen LogP contribution < -0.4 is 0 Å². The van der Waals surface area contributed by atoms with Crippen LogP contribution in [0.5, 0.6) is 0 Å². The molecule has 6 heteroatoms. The third-order valence-electron chi connectivity index (χ3n) is 0.592. The number of nitrogens with zero attached hydrogens (tertiary/aromatic N) is 2. The maximum Gasteiger partial charge on any atom is 0.436 e. The summed E-state index contributed by atoms with van der Waals surface area (Å²) < 4.78 is 37.5. The van der Waals surface area contributed by atoms with Gasteiger partial charge in [0, 0.05) is 0 Å². The van der Waals surface area contributed by atoms with Crippen LogP contribution in [0, 0.1) is 5.38 Å². The van der Waals surface area contributed by atoms with Gasteiger partial charge in [-0.05, 0) is 11.5 Å². The van der Waals surface area contributed by atoms with Crippen molar-refractivity contribution >= 4 is 11.5 Å². The second-order valence-electron chi connectivity index (χ2n) is 1.22. The van der Waals surface area contributed by atoms with Crippen LogP contribution in [0.1, 0.15) is 5.69 Å². The predicted octanol–water partition coefficient (Wildman–Crippen LogP) is 1.36. The van der Waals surface area contributed by atoms with E-state index in [1.54, 1.807) is 0 Å². The molecule has 0 saturated heterocycles. The van der Waals surface area contributed by atoms with Crippen LogP contribution in [0.4, 0.5) is 13.2 Å². The van der Waals surface area contributed by atoms with Crippen LogP contribution >= 0.6 is 11.5 Å². The van der Waals surface area contributed by atoms with Crippen LogP contribution in [0.15, 0.2) is 0 Å². The fourth-order valence-electron chi connectivity index (χ4n) is 0.260. The molecule has 1 radical (unpaired) electrons. The Labute approximate surface area is 52.5 Å². The third kappa shape index (κ3) is 1.38. The van der Waals surface area contributed by atoms with Gasteiger partial charge in [-0.15, -0.1) is 5.10 Å². The van der Waals surface area contributed by atoms with E-state index in [0.29, 0.717) is 11.5 Å². The van der Waals surface area contributed by atoms with Crippen molar-refractivity contribution in [2.75, 3.05) is 0 Å². The van der Waals surface area contributed by atoms with Gasteiger partial charge in [0.25, 0.3) is 0 Å². The maximum absolute atomic E-state index is 11.5. The highest BCUT2D eigenvalue weighted by Gasteiger charge is 2.33. The van der Waals surface area contributed by atoms with Crippen molar-refractivity contribution in [1.82, 2.24) is 9.59 Å². The molecule has 0 aliphatic rings. The Morgan fingerprint density at radius 1 is 1.44 bits per heavy atom. The van der Waals surface area contributed by atoms with Gasteiger partial charge in [-0.25, -0.2) is 0 Å². The van der Waals surface area contributed by atoms with Crippen molar-refractivity contribution in [3.05, 3.63) is 11.1 Å². The number of rotatable bonds is 0. The molecule has 1 rings (SSSR count). The summed E-state index contributed by atoms with van der Waals surface area (Å²) in [6.45, 7) is 0. The zero-order chi connectivity index (χ0) is 6.91. The minimum absolute atomic E-state index is 0.560. The number of hydrogen-bond acceptors (Lipinski definition) is 3. The van der Waals surface area contributed by atoms with Crippen molar-refractivity contribution in [3.63, 3.8) is 0 Å². The van der Waals surface area contributed by atoms with E-state index < -0.39 is 11.9 Å². The molecule has 0 spiro atoms. The zero-order valence-electron chi connectivity index (χ0n) is 3.94. The molecule has 0 bridgehead atoms. The van der Waals surface area contributed by atoms with E-state index in [1.807, 2.05) is 5.38 Å². The lowest BCUT2D eigenvalue weighted by molar-refractivity contribution is -0.141. The molecule has 0 N–H and O–H groups in total. The second kappa shape index (κ2) is 1.94. The van der Waals surface area contributed by atoms with Crippen LogP contribution in [0.3, 0.4) is 0 Å². The van der Waals surface area contributed by atoms with Gasteiger partial charge in [-0.1, -0.05) is 4.49 Å². The lowest BCUT2D eigenvalue weighted by Gasteiger charge is -1.96. The van der Waals surface area contributed by atoms with Crippen molar-refractivity contribution in [1.29, 1.82) is 0 Å². The summed E-state index contributed by atoms with van der Waals surface area (Å²) in [6, 6.07) is 0. The van der Waals surface area contributed by atoms with Gasteiger partial charge in [-0.3, -0.25) is 0 Å². The third-order valence-corrected chi connectivity index (χ3v) is 1.04. The predicted molar refractivity (Wildman–Crippen MR) is 23.7 cm³/mol. The van der Waals surface area contributed by atoms with E-state index in [9.17, 15) is 13.2 Å². The molecule has 0 unspecified atom stereocenters. The summed E-state index contributed by atoms with van der Waals surface area (Å²) in [5.41, 5.74) is -1.05. The lowest BCUT2D eigenvalue weighted by Crippen LogP contribution is -2.04. The molecule has 2 nitrogen and oxygen atoms in total. The highest BCUT2D eigenvalue weighted by molar-refractivity contribution is 7.02. The zero-order valence-corrected chi connectivity index (χ0v) is 4.75. The summed E-state index contributed by atoms with van der Waals surface area (Å²) in [5.74, 6) is 0. The first-order valence-corrected chi connectivity index (χ1v) is 2.65. The number of halogens is 3. The van der Waals surface area contributed by atoms with Crippen molar-refractivity contribution in [2.24, 2.45) is 0 Å². The van der Waals surface area contributed by atoms with Crippen LogP contribution in [0.25, 0.3) is 0 Å². The quantitative estimate of drug-likeness (QED) is 0.562. The van der Waals surface area contributed by atoms with Gasteiger partial charge in [0.1, 0.15) is 5.38 Å². The molecule has 0 aliphatic heterocycles. The summed E-state index contributed by atoms with van der Waals surface area (Å²) in [4.78, 5) is 0. The molecule has 0 amide bonds. The van der Waals surface area contributed by atoms with E-state index in [-0.39, 0.29) is 0 Å². The van der Waals surface area contributed by atoms with Gasteiger partial charge in [0.15, 0.2) is 5.69 Å². The number of alkyl halides is 3. The minimum Gasteiger partial charge on any atom is -0.164 e. The Morgan fingerprint density at radius 2 is 2.11 bits per heavy atom. The highest BCUT2D eigenvalue weighted by Crippen LogP contribution is 2.26. The van der Waals surface area contributed by atoms with Gasteiger partial charge >= 0.3 is 6.18 Å². The van der Waals surface area contributed by atoms with E-state index >= 15 is 0 Å². The van der Waals surface area contributed by atoms with E-state index in [4.69, 9.17) is 0 Å². The van der Waals surface area contributed by atoms with Crippen molar-refractivity contribution < 1.29 is 13.2 Å². The summed E-state index contributed by atoms with van der Waals surface area (Å²) in [6.07, 6.45) is -4.40. The van der Waals surface area contributed by atoms with Crippen LogP contribution in [-0.4, -0.2) is 9.59 Å². The largest absolute Gasteiger partial charge is 0.436 e. The Balaban J connectivity index is 2.90. The second-order valence-corrected chi connectivity index (χ2v) is 1.77. The molecule has 9 heavy (non-hydrogen) atoms. The first-order valence-electron chi connectivity index (χ1n) is 1.88. The monoisotopic (exact) mass is 153 g/mol. The fraction of sp³-hybridized carbons (Fsp3) is 0.333. The standard InChI is InChI=1S/C3F3N2S/c4-3(5,6)2-1-9-8-7-2. The van der Waals surface area contributed by atoms with Crippen LogP contribution in [0.2, 0.25) is 0 Å². The van der Waals surface area contributed by atoms with Gasteiger partial charge in [0.2, 0.25) is 0 Å². The normalized spacial score (nSPS) is 11.9. The molecule has 0 aromatic carbocycles. The highest BCUT2D eigenvalue weighted by atomic mass is 32.1. The van der Waals surface area contributed by atoms with Crippen LogP contribution in [-0.2, 0) is 6.18 Å². The van der Waals surface area contributed by atoms with E-state index in [0.717, 1.165) is 0 Å². The Kier molecular flexibility index (Phi) is 1.40. The molecule has 1 aromatic rings. The molecule has 49 valence electrons. The minimum atomic E-state index is -4.40. The molecule has 0 saturated carbocycles. The van der Waals surface area contributed by atoms with Gasteiger partial charge in [0.05, 0.1) is 0 Å². The van der Waals surface area contributed by atoms with Crippen molar-refractivity contribution in [2.45, 2.75) is 6.18 Å². The average Bonchev–Trinajstić information content (AvgIpc) is 2.08. The molecule has 0 fully saturated rings. The van der Waals surface area contributed by atoms with Gasteiger partial charge in [-0.2, -0.15) is 13.2 Å². The summed E-state index contributed by atoms with van der Waals surface area (Å²) in [7, 11) is 0. The van der Waals surface area contributed by atoms with E-state index in [2.05, 4.69) is 9.59 Å². The first-order chi connectivity index (χ1) is 4.11. The fourth-order valence-corrected chi connectivity index (χ4v) is 0.666. The number of hydrogen-bond donors (Lipinski definition) is 0. The Morgan fingerprint density at radius 3 is 2.33 bits per heavy atom. The molecule has 0 atom stereocenters. The maximum atomic E-state index is 11.5. The topological polar surface area (TPSA) is 25.8 Å². The SMILES string of the molecule is FC(F)(F)c1[c]snn1. The molecule has 0 aliphatic carbocycles. The molecule has 1 aromatic heterocycles. The average molecular weight is 153 g/mol. The molecular formula is C3F3N2S. The van der Waals surface area contributed by atoms with Gasteiger partial charge < -0.3 is 0 Å². The summed E-state index contributed by atoms with van der Waals surface area (Å²) in [5, 5.41) is 4.65. The van der Waals surface area contributed by atoms with Crippen molar-refractivity contribution in [3.8, 4) is 0 Å². The van der Waals surface area contributed by atoms with E-state index in [1.165, 1.54) is 0 Å². The molecule has 1 heterocycles. The molecular weight excluding hydrogens is 153 g/mol. The Bertz CT molecular complexity index is 179. The summed E-state index contributed by atoms with van der Waals surface area (Å²) >= 11 is 0.560.